The van der Waals surface area contributed by atoms with E-state index in [0.29, 0.717) is 13.1 Å². The molecular formula is C14H22N2O2S. The highest BCUT2D eigenvalue weighted by Crippen LogP contribution is 2.22. The highest BCUT2D eigenvalue weighted by atomic mass is 32.2. The summed E-state index contributed by atoms with van der Waals surface area (Å²) >= 11 is 0. The minimum absolute atomic E-state index is 0.185. The summed E-state index contributed by atoms with van der Waals surface area (Å²) in [6, 6.07) is 8.61. The first-order chi connectivity index (χ1) is 8.94. The van der Waals surface area contributed by atoms with Crippen molar-refractivity contribution in [3.8, 4) is 0 Å². The molecule has 0 spiro atoms. The molecule has 0 saturated carbocycles. The van der Waals surface area contributed by atoms with Gasteiger partial charge in [-0.05, 0) is 32.9 Å². The molecule has 1 atom stereocenters. The van der Waals surface area contributed by atoms with Crippen LogP contribution in [0.5, 0.6) is 0 Å². The van der Waals surface area contributed by atoms with Gasteiger partial charge < -0.3 is 4.90 Å². The van der Waals surface area contributed by atoms with Crippen LogP contribution in [0.3, 0.4) is 0 Å². The lowest BCUT2D eigenvalue weighted by atomic mass is 10.1. The van der Waals surface area contributed by atoms with Gasteiger partial charge in [-0.2, -0.15) is 4.31 Å². The maximum atomic E-state index is 11.9. The van der Waals surface area contributed by atoms with Crippen LogP contribution < -0.4 is 4.90 Å². The van der Waals surface area contributed by atoms with Gasteiger partial charge in [-0.25, -0.2) is 8.42 Å². The summed E-state index contributed by atoms with van der Waals surface area (Å²) < 4.78 is 25.4. The van der Waals surface area contributed by atoms with Crippen LogP contribution in [-0.4, -0.2) is 44.2 Å². The molecule has 19 heavy (non-hydrogen) atoms. The topological polar surface area (TPSA) is 40.6 Å². The van der Waals surface area contributed by atoms with E-state index in [0.717, 1.165) is 6.54 Å². The summed E-state index contributed by atoms with van der Waals surface area (Å²) in [7, 11) is -3.06. The Kier molecular flexibility index (Phi) is 4.16. The van der Waals surface area contributed by atoms with E-state index < -0.39 is 10.0 Å². The van der Waals surface area contributed by atoms with Crippen LogP contribution >= 0.6 is 0 Å². The van der Waals surface area contributed by atoms with Gasteiger partial charge in [0.1, 0.15) is 0 Å². The summed E-state index contributed by atoms with van der Waals surface area (Å²) in [5, 5.41) is 0. The quantitative estimate of drug-likeness (QED) is 0.849. The van der Waals surface area contributed by atoms with E-state index in [2.05, 4.69) is 43.0 Å². The Balaban J connectivity index is 2.11. The second kappa shape index (κ2) is 5.51. The Morgan fingerprint density at radius 3 is 2.37 bits per heavy atom. The van der Waals surface area contributed by atoms with Crippen LogP contribution in [-0.2, 0) is 10.0 Å². The molecule has 1 heterocycles. The van der Waals surface area contributed by atoms with Crippen LogP contribution in [0.2, 0.25) is 0 Å². The van der Waals surface area contributed by atoms with Gasteiger partial charge in [-0.1, -0.05) is 17.7 Å². The lowest BCUT2D eigenvalue weighted by molar-refractivity contribution is 0.343. The van der Waals surface area contributed by atoms with Crippen molar-refractivity contribution in [3.63, 3.8) is 0 Å². The number of aryl methyl sites for hydroxylation is 1. The van der Waals surface area contributed by atoms with E-state index in [4.69, 9.17) is 0 Å². The summed E-state index contributed by atoms with van der Waals surface area (Å²) in [6.45, 7) is 7.75. The molecule has 4 nitrogen and oxygen atoms in total. The first-order valence-corrected chi connectivity index (χ1v) is 8.36. The van der Waals surface area contributed by atoms with Crippen molar-refractivity contribution in [2.24, 2.45) is 0 Å². The number of anilines is 1. The average molecular weight is 282 g/mol. The van der Waals surface area contributed by atoms with Crippen molar-refractivity contribution in [3.05, 3.63) is 29.8 Å². The number of sulfonamides is 1. The van der Waals surface area contributed by atoms with E-state index in [9.17, 15) is 8.42 Å². The molecule has 2 rings (SSSR count). The SMILES string of the molecule is CCS(=O)(=O)N1CCN(c2ccc(C)cc2)[C@@H](C)C1. The molecule has 106 valence electrons. The van der Waals surface area contributed by atoms with Crippen LogP contribution in [0.1, 0.15) is 19.4 Å². The van der Waals surface area contributed by atoms with Gasteiger partial charge in [0.2, 0.25) is 10.0 Å². The van der Waals surface area contributed by atoms with Crippen LogP contribution in [0.15, 0.2) is 24.3 Å². The third kappa shape index (κ3) is 3.09. The summed E-state index contributed by atoms with van der Waals surface area (Å²) in [6.07, 6.45) is 0. The Morgan fingerprint density at radius 2 is 1.84 bits per heavy atom. The molecule has 0 radical (unpaired) electrons. The van der Waals surface area contributed by atoms with Crippen molar-refractivity contribution in [1.82, 2.24) is 4.31 Å². The van der Waals surface area contributed by atoms with Crippen molar-refractivity contribution in [2.75, 3.05) is 30.3 Å². The molecule has 0 bridgehead atoms. The predicted octanol–water partition coefficient (Wildman–Crippen LogP) is 1.86. The summed E-state index contributed by atoms with van der Waals surface area (Å²) in [5.74, 6) is 0.185. The number of piperazine rings is 1. The molecule has 1 fully saturated rings. The molecule has 5 heteroatoms. The number of hydrogen-bond donors (Lipinski definition) is 0. The van der Waals surface area contributed by atoms with Gasteiger partial charge in [0.05, 0.1) is 5.75 Å². The lowest BCUT2D eigenvalue weighted by Gasteiger charge is -2.40. The van der Waals surface area contributed by atoms with Gasteiger partial charge in [0.25, 0.3) is 0 Å². The molecule has 0 unspecified atom stereocenters. The molecular weight excluding hydrogens is 260 g/mol. The third-order valence-electron chi connectivity index (χ3n) is 3.71. The number of nitrogens with zero attached hydrogens (tertiary/aromatic N) is 2. The first-order valence-electron chi connectivity index (χ1n) is 6.75. The van der Waals surface area contributed by atoms with Crippen LogP contribution in [0, 0.1) is 6.92 Å². The maximum absolute atomic E-state index is 11.9. The average Bonchev–Trinajstić information content (AvgIpc) is 2.40. The largest absolute Gasteiger partial charge is 0.366 e. The van der Waals surface area contributed by atoms with Crippen molar-refractivity contribution < 1.29 is 8.42 Å². The summed E-state index contributed by atoms with van der Waals surface area (Å²) in [4.78, 5) is 2.28. The molecule has 1 aliphatic heterocycles. The van der Waals surface area contributed by atoms with Crippen molar-refractivity contribution in [2.45, 2.75) is 26.8 Å². The monoisotopic (exact) mass is 282 g/mol. The fraction of sp³-hybridized carbons (Fsp3) is 0.571. The van der Waals surface area contributed by atoms with Crippen molar-refractivity contribution in [1.29, 1.82) is 0 Å². The summed E-state index contributed by atoms with van der Waals surface area (Å²) in [5.41, 5.74) is 2.41. The van der Waals surface area contributed by atoms with E-state index in [1.165, 1.54) is 11.3 Å². The first kappa shape index (κ1) is 14.3. The predicted molar refractivity (Wildman–Crippen MR) is 79.0 cm³/mol. The maximum Gasteiger partial charge on any atom is 0.213 e. The molecule has 1 aliphatic rings. The van der Waals surface area contributed by atoms with Crippen LogP contribution in [0.25, 0.3) is 0 Å². The van der Waals surface area contributed by atoms with E-state index in [-0.39, 0.29) is 11.8 Å². The third-order valence-corrected chi connectivity index (χ3v) is 5.56. The zero-order valence-corrected chi connectivity index (χ0v) is 12.7. The number of rotatable bonds is 3. The van der Waals surface area contributed by atoms with E-state index in [1.807, 2.05) is 0 Å². The Bertz CT molecular complexity index is 525. The highest BCUT2D eigenvalue weighted by Gasteiger charge is 2.29. The van der Waals surface area contributed by atoms with Crippen molar-refractivity contribution >= 4 is 15.7 Å². The number of benzene rings is 1. The minimum atomic E-state index is -3.06. The lowest BCUT2D eigenvalue weighted by Crippen LogP contribution is -2.54. The standard InChI is InChI=1S/C14H22N2O2S/c1-4-19(17,18)15-9-10-16(13(3)11-15)14-7-5-12(2)6-8-14/h5-8,13H,4,9-11H2,1-3H3/t13-/m0/s1. The molecule has 0 amide bonds. The van der Waals surface area contributed by atoms with Gasteiger partial charge in [-0.3, -0.25) is 0 Å². The fourth-order valence-electron chi connectivity index (χ4n) is 2.48. The zero-order chi connectivity index (χ0) is 14.0. The second-order valence-electron chi connectivity index (χ2n) is 5.14. The molecule has 1 aromatic carbocycles. The van der Waals surface area contributed by atoms with Gasteiger partial charge in [-0.15, -0.1) is 0 Å². The smallest absolute Gasteiger partial charge is 0.213 e. The molecule has 0 aromatic heterocycles. The van der Waals surface area contributed by atoms with E-state index >= 15 is 0 Å². The fourth-order valence-corrected chi connectivity index (χ4v) is 3.65. The van der Waals surface area contributed by atoms with E-state index in [1.54, 1.807) is 11.2 Å². The minimum Gasteiger partial charge on any atom is -0.366 e. The van der Waals surface area contributed by atoms with Gasteiger partial charge >= 0.3 is 0 Å². The Labute approximate surface area is 116 Å². The molecule has 1 aromatic rings. The normalized spacial score (nSPS) is 21.6. The van der Waals surface area contributed by atoms with Crippen LogP contribution in [0.4, 0.5) is 5.69 Å². The number of hydrogen-bond acceptors (Lipinski definition) is 3. The highest BCUT2D eigenvalue weighted by molar-refractivity contribution is 7.89. The Hall–Kier alpha value is -1.07. The zero-order valence-electron chi connectivity index (χ0n) is 11.8. The van der Waals surface area contributed by atoms with Gasteiger partial charge in [0, 0.05) is 31.4 Å². The Morgan fingerprint density at radius 1 is 1.21 bits per heavy atom. The molecule has 0 aliphatic carbocycles. The second-order valence-corrected chi connectivity index (χ2v) is 7.39. The molecule has 0 N–H and O–H groups in total. The molecule has 1 saturated heterocycles. The van der Waals surface area contributed by atoms with Gasteiger partial charge in [0.15, 0.2) is 0 Å².